The Balaban J connectivity index is 0.000000275. The minimum Gasteiger partial charge on any atom is -0.478 e. The minimum atomic E-state index is -1.26. The summed E-state index contributed by atoms with van der Waals surface area (Å²) >= 11 is 0. The Kier molecular flexibility index (Phi) is 12.1. The zero-order chi connectivity index (χ0) is 32.2. The highest BCUT2D eigenvalue weighted by Gasteiger charge is 2.23. The monoisotopic (exact) mass is 611 g/mol. The number of aliphatic carboxylic acids is 4. The lowest BCUT2D eigenvalue weighted by Gasteiger charge is -2.35. The van der Waals surface area contributed by atoms with Crippen molar-refractivity contribution < 1.29 is 44.0 Å². The Labute approximate surface area is 252 Å². The van der Waals surface area contributed by atoms with Crippen LogP contribution in [-0.4, -0.2) is 104 Å². The number of fused-ring (bicyclic) bond motifs is 2. The Morgan fingerprint density at radius 3 is 1.93 bits per heavy atom. The molecule has 0 saturated carbocycles. The largest absolute Gasteiger partial charge is 0.478 e. The molecule has 0 bridgehead atoms. The molecule has 0 amide bonds. The van der Waals surface area contributed by atoms with Crippen LogP contribution in [0.2, 0.25) is 0 Å². The van der Waals surface area contributed by atoms with Gasteiger partial charge in [0.25, 0.3) is 0 Å². The summed E-state index contributed by atoms with van der Waals surface area (Å²) in [5, 5.41) is 39.6. The van der Waals surface area contributed by atoms with Crippen LogP contribution < -0.4 is 4.90 Å². The molecule has 0 aliphatic carbocycles. The number of aryl methyl sites for hydroxylation is 1. The zero-order valence-electron chi connectivity index (χ0n) is 24.0. The highest BCUT2D eigenvalue weighted by atomic mass is 19.1. The van der Waals surface area contributed by atoms with Crippen molar-refractivity contribution in [2.75, 3.05) is 44.2 Å². The maximum atomic E-state index is 13.4. The molecule has 1 aromatic heterocycles. The van der Waals surface area contributed by atoms with Crippen molar-refractivity contribution in [1.82, 2.24) is 20.0 Å². The molecular weight excluding hydrogens is 577 g/mol. The summed E-state index contributed by atoms with van der Waals surface area (Å²) in [6.45, 7) is 10.6. The molecule has 44 heavy (non-hydrogen) atoms. The number of carboxylic acids is 4. The third-order valence-electron chi connectivity index (χ3n) is 6.93. The lowest BCUT2D eigenvalue weighted by Crippen LogP contribution is -2.48. The number of aromatic amines is 1. The standard InChI is InChI=1S/C22H26FN5.2C4H4O4/c1-16-3-2-4-17-14-27(15-20(16)17)8-7-26-9-11-28(12-10-26)22-19-6-5-18(23)13-21(19)24-25-22;2*5-3(6)1-2-4(7)8/h2-6,13H,7-12,14-15H2,1H3,(H,24,25);2*1-2H,(H,5,6)(H,7,8)/b;2*2-1+. The Morgan fingerprint density at radius 2 is 1.39 bits per heavy atom. The minimum absolute atomic E-state index is 0.230. The molecular formula is C30H34FN5O8. The molecule has 2 aliphatic rings. The van der Waals surface area contributed by atoms with E-state index in [0.29, 0.717) is 24.3 Å². The summed E-state index contributed by atoms with van der Waals surface area (Å²) in [5.74, 6) is -4.31. The van der Waals surface area contributed by atoms with Crippen molar-refractivity contribution in [3.8, 4) is 0 Å². The average molecular weight is 612 g/mol. The third-order valence-corrected chi connectivity index (χ3v) is 6.93. The van der Waals surface area contributed by atoms with E-state index in [2.05, 4.69) is 50.0 Å². The molecule has 13 nitrogen and oxygen atoms in total. The molecule has 0 radical (unpaired) electrons. The van der Waals surface area contributed by atoms with Crippen LogP contribution in [0.3, 0.4) is 0 Å². The smallest absolute Gasteiger partial charge is 0.328 e. The second kappa shape index (κ2) is 16.0. The van der Waals surface area contributed by atoms with Crippen LogP contribution >= 0.6 is 0 Å². The van der Waals surface area contributed by atoms with Gasteiger partial charge in [0.2, 0.25) is 0 Å². The van der Waals surface area contributed by atoms with Crippen molar-refractivity contribution in [3.05, 3.63) is 83.2 Å². The van der Waals surface area contributed by atoms with Gasteiger partial charge in [-0.2, -0.15) is 5.10 Å². The van der Waals surface area contributed by atoms with Gasteiger partial charge >= 0.3 is 23.9 Å². The summed E-state index contributed by atoms with van der Waals surface area (Å²) in [4.78, 5) is 45.6. The van der Waals surface area contributed by atoms with Crippen molar-refractivity contribution in [2.45, 2.75) is 20.0 Å². The van der Waals surface area contributed by atoms with E-state index in [9.17, 15) is 23.6 Å². The number of hydrogen-bond acceptors (Lipinski definition) is 8. The SMILES string of the molecule is Cc1cccc2c1CN(CCN1CCN(c3n[nH]c4cc(F)ccc34)CC1)C2.O=C(O)/C=C/C(=O)O.O=C(O)/C=C/C(=O)O. The molecule has 14 heteroatoms. The fourth-order valence-corrected chi connectivity index (χ4v) is 4.79. The highest BCUT2D eigenvalue weighted by molar-refractivity contribution is 5.91. The number of aromatic nitrogens is 2. The van der Waals surface area contributed by atoms with Crippen LogP contribution in [0.1, 0.15) is 16.7 Å². The molecule has 0 atom stereocenters. The number of halogens is 1. The van der Waals surface area contributed by atoms with E-state index in [-0.39, 0.29) is 5.82 Å². The fourth-order valence-electron chi connectivity index (χ4n) is 4.79. The van der Waals surface area contributed by atoms with Gasteiger partial charge in [-0.25, -0.2) is 23.6 Å². The van der Waals surface area contributed by atoms with Gasteiger partial charge in [-0.05, 0) is 41.8 Å². The van der Waals surface area contributed by atoms with Crippen LogP contribution in [0.15, 0.2) is 60.7 Å². The number of carbonyl (C=O) groups is 4. The van der Waals surface area contributed by atoms with Gasteiger partial charge < -0.3 is 25.3 Å². The summed E-state index contributed by atoms with van der Waals surface area (Å²) in [6.07, 6.45) is 2.23. The van der Waals surface area contributed by atoms with Gasteiger partial charge in [0.15, 0.2) is 5.82 Å². The number of hydrogen-bond donors (Lipinski definition) is 5. The predicted octanol–water partition coefficient (Wildman–Crippen LogP) is 2.57. The summed E-state index contributed by atoms with van der Waals surface area (Å²) in [7, 11) is 0. The molecule has 5 rings (SSSR count). The second-order valence-corrected chi connectivity index (χ2v) is 10.0. The summed E-state index contributed by atoms with van der Waals surface area (Å²) in [5.41, 5.74) is 5.20. The lowest BCUT2D eigenvalue weighted by atomic mass is 10.1. The fraction of sp³-hybridized carbons (Fsp3) is 0.300. The van der Waals surface area contributed by atoms with Crippen LogP contribution in [0.25, 0.3) is 10.9 Å². The predicted molar refractivity (Wildman–Crippen MR) is 159 cm³/mol. The number of nitrogens with one attached hydrogen (secondary N) is 1. The molecule has 2 aromatic carbocycles. The van der Waals surface area contributed by atoms with Crippen LogP contribution in [0.4, 0.5) is 10.2 Å². The van der Waals surface area contributed by atoms with E-state index in [0.717, 1.165) is 69.1 Å². The van der Waals surface area contributed by atoms with E-state index in [1.54, 1.807) is 0 Å². The quantitative estimate of drug-likeness (QED) is 0.235. The first-order chi connectivity index (χ1) is 20.9. The molecule has 3 heterocycles. The maximum absolute atomic E-state index is 13.4. The first-order valence-corrected chi connectivity index (χ1v) is 13.6. The van der Waals surface area contributed by atoms with Gasteiger partial charge in [-0.15, -0.1) is 0 Å². The number of rotatable bonds is 8. The molecule has 2 aliphatic heterocycles. The number of anilines is 1. The molecule has 234 valence electrons. The number of carboxylic acid groups (broad SMARTS) is 4. The average Bonchev–Trinajstić information content (AvgIpc) is 3.59. The summed E-state index contributed by atoms with van der Waals surface area (Å²) < 4.78 is 13.4. The number of nitrogens with zero attached hydrogens (tertiary/aromatic N) is 4. The van der Waals surface area contributed by atoms with Crippen molar-refractivity contribution in [3.63, 3.8) is 0 Å². The van der Waals surface area contributed by atoms with Gasteiger partial charge in [0.1, 0.15) is 5.82 Å². The van der Waals surface area contributed by atoms with E-state index < -0.39 is 23.9 Å². The normalized spacial score (nSPS) is 15.0. The molecule has 5 N–H and O–H groups in total. The molecule has 1 fully saturated rings. The molecule has 3 aromatic rings. The van der Waals surface area contributed by atoms with Crippen molar-refractivity contribution in [1.29, 1.82) is 0 Å². The lowest BCUT2D eigenvalue weighted by molar-refractivity contribution is -0.134. The first kappa shape index (κ1) is 33.4. The van der Waals surface area contributed by atoms with Crippen molar-refractivity contribution >= 4 is 40.6 Å². The third kappa shape index (κ3) is 10.3. The van der Waals surface area contributed by atoms with Crippen LogP contribution in [0.5, 0.6) is 0 Å². The number of H-pyrrole nitrogens is 1. The topological polar surface area (TPSA) is 188 Å². The van der Waals surface area contributed by atoms with E-state index >= 15 is 0 Å². The van der Waals surface area contributed by atoms with Gasteiger partial charge in [0.05, 0.1) is 5.52 Å². The Bertz CT molecular complexity index is 1480. The highest BCUT2D eigenvalue weighted by Crippen LogP contribution is 2.27. The van der Waals surface area contributed by atoms with Gasteiger partial charge in [-0.1, -0.05) is 18.2 Å². The maximum Gasteiger partial charge on any atom is 0.328 e. The van der Waals surface area contributed by atoms with E-state index in [4.69, 9.17) is 20.4 Å². The molecule has 0 spiro atoms. The van der Waals surface area contributed by atoms with Gasteiger partial charge in [-0.3, -0.25) is 14.9 Å². The van der Waals surface area contributed by atoms with E-state index in [1.165, 1.54) is 28.8 Å². The molecule has 0 unspecified atom stereocenters. The van der Waals surface area contributed by atoms with E-state index in [1.807, 2.05) is 6.07 Å². The zero-order valence-corrected chi connectivity index (χ0v) is 24.0. The van der Waals surface area contributed by atoms with Crippen LogP contribution in [-0.2, 0) is 32.3 Å². The summed E-state index contributed by atoms with van der Waals surface area (Å²) in [6, 6.07) is 11.5. The van der Waals surface area contributed by atoms with Gasteiger partial charge in [0, 0.05) is 82.0 Å². The molecule has 1 saturated heterocycles. The number of benzene rings is 2. The van der Waals surface area contributed by atoms with Crippen molar-refractivity contribution in [2.24, 2.45) is 0 Å². The number of piperazine rings is 1. The Hall–Kier alpha value is -5.08. The Morgan fingerprint density at radius 1 is 0.818 bits per heavy atom. The second-order valence-electron chi connectivity index (χ2n) is 10.0. The van der Waals surface area contributed by atoms with Crippen LogP contribution in [0, 0.1) is 12.7 Å². The first-order valence-electron chi connectivity index (χ1n) is 13.6.